The van der Waals surface area contributed by atoms with E-state index in [1.54, 1.807) is 57.2 Å². The third kappa shape index (κ3) is 4.51. The van der Waals surface area contributed by atoms with Crippen LogP contribution in [0.5, 0.6) is 5.75 Å². The van der Waals surface area contributed by atoms with Crippen LogP contribution in [0.2, 0.25) is 0 Å². The number of nitrogens with one attached hydrogen (secondary N) is 1. The molecule has 30 heavy (non-hydrogen) atoms. The predicted molar refractivity (Wildman–Crippen MR) is 109 cm³/mol. The molecule has 0 fully saturated rings. The number of aromatic nitrogens is 2. The van der Waals surface area contributed by atoms with Crippen LogP contribution in [0, 0.1) is 0 Å². The van der Waals surface area contributed by atoms with Gasteiger partial charge in [0.05, 0.1) is 17.1 Å². The maximum atomic E-state index is 12.8. The van der Waals surface area contributed by atoms with Crippen molar-refractivity contribution in [1.82, 2.24) is 15.2 Å². The Balaban J connectivity index is 1.92. The first-order valence-corrected chi connectivity index (χ1v) is 9.19. The number of rotatable bonds is 6. The summed E-state index contributed by atoms with van der Waals surface area (Å²) >= 11 is 0. The molecule has 0 saturated heterocycles. The van der Waals surface area contributed by atoms with Crippen LogP contribution in [0.15, 0.2) is 58.4 Å². The molecule has 0 aliphatic heterocycles. The van der Waals surface area contributed by atoms with Crippen molar-refractivity contribution in [2.75, 3.05) is 0 Å². The molecular formula is C21H20F2N4O3. The zero-order valence-corrected chi connectivity index (χ0v) is 16.6. The minimum Gasteiger partial charge on any atom is -0.435 e. The molecule has 1 N–H and O–H groups in total. The standard InChI is InChI=1S/C21H20F2N4O3/c1-12(2)27-20(29)17-10-5-4-9-16(17)18(26-27)19(28)25-24-13(3)14-7-6-8-15(11-14)30-21(22)23/h4-12,21H,1-3H3,(H,25,28)/b24-13-. The van der Waals surface area contributed by atoms with Gasteiger partial charge in [0.1, 0.15) is 5.75 Å². The average molecular weight is 414 g/mol. The Morgan fingerprint density at radius 3 is 2.50 bits per heavy atom. The van der Waals surface area contributed by atoms with E-state index < -0.39 is 12.5 Å². The number of hydrogen-bond acceptors (Lipinski definition) is 5. The van der Waals surface area contributed by atoms with E-state index in [0.29, 0.717) is 22.0 Å². The van der Waals surface area contributed by atoms with Gasteiger partial charge < -0.3 is 4.74 Å². The van der Waals surface area contributed by atoms with Gasteiger partial charge in [-0.1, -0.05) is 30.3 Å². The van der Waals surface area contributed by atoms with Crippen molar-refractivity contribution in [1.29, 1.82) is 0 Å². The van der Waals surface area contributed by atoms with Gasteiger partial charge in [0.25, 0.3) is 11.5 Å². The molecule has 156 valence electrons. The third-order valence-corrected chi connectivity index (χ3v) is 4.33. The van der Waals surface area contributed by atoms with Crippen LogP contribution in [0.3, 0.4) is 0 Å². The maximum Gasteiger partial charge on any atom is 0.387 e. The fourth-order valence-corrected chi connectivity index (χ4v) is 2.87. The molecule has 9 heteroatoms. The van der Waals surface area contributed by atoms with Gasteiger partial charge >= 0.3 is 6.61 Å². The number of hydrazone groups is 1. The van der Waals surface area contributed by atoms with Crippen molar-refractivity contribution in [2.24, 2.45) is 5.10 Å². The molecule has 0 saturated carbocycles. The Labute approximate surface area is 171 Å². The second-order valence-electron chi connectivity index (χ2n) is 6.78. The highest BCUT2D eigenvalue weighted by molar-refractivity contribution is 6.06. The van der Waals surface area contributed by atoms with Gasteiger partial charge in [-0.15, -0.1) is 0 Å². The topological polar surface area (TPSA) is 85.6 Å². The fraction of sp³-hybridized carbons (Fsp3) is 0.238. The average Bonchev–Trinajstić information content (AvgIpc) is 2.71. The quantitative estimate of drug-likeness (QED) is 0.492. The smallest absolute Gasteiger partial charge is 0.387 e. The Morgan fingerprint density at radius 2 is 1.83 bits per heavy atom. The van der Waals surface area contributed by atoms with Crippen molar-refractivity contribution in [3.05, 3.63) is 70.1 Å². The van der Waals surface area contributed by atoms with Gasteiger partial charge in [-0.3, -0.25) is 9.59 Å². The minimum atomic E-state index is -2.94. The summed E-state index contributed by atoms with van der Waals surface area (Å²) in [7, 11) is 0. The Bertz CT molecular complexity index is 1170. The molecule has 1 amide bonds. The van der Waals surface area contributed by atoms with Gasteiger partial charge in [-0.05, 0) is 39.0 Å². The molecule has 1 heterocycles. The van der Waals surface area contributed by atoms with Crippen LogP contribution in [-0.4, -0.2) is 28.0 Å². The normalized spacial score (nSPS) is 11.9. The molecule has 0 radical (unpaired) electrons. The van der Waals surface area contributed by atoms with Gasteiger partial charge in [0.2, 0.25) is 0 Å². The predicted octanol–water partition coefficient (Wildman–Crippen LogP) is 3.73. The number of amides is 1. The SMILES string of the molecule is C/C(=N/NC(=O)c1nn(C(C)C)c(=O)c2ccccc12)c1cccc(OC(F)F)c1. The maximum absolute atomic E-state index is 12.8. The highest BCUT2D eigenvalue weighted by Crippen LogP contribution is 2.17. The van der Waals surface area contributed by atoms with E-state index in [2.05, 4.69) is 20.4 Å². The second kappa shape index (κ2) is 8.81. The Kier molecular flexibility index (Phi) is 6.20. The van der Waals surface area contributed by atoms with Crippen molar-refractivity contribution in [3.8, 4) is 5.75 Å². The number of hydrogen-bond donors (Lipinski definition) is 1. The lowest BCUT2D eigenvalue weighted by atomic mass is 10.1. The molecule has 0 unspecified atom stereocenters. The Morgan fingerprint density at radius 1 is 1.13 bits per heavy atom. The molecular weight excluding hydrogens is 394 g/mol. The van der Waals surface area contributed by atoms with Crippen molar-refractivity contribution in [3.63, 3.8) is 0 Å². The van der Waals surface area contributed by atoms with E-state index in [0.717, 1.165) is 0 Å². The Hall–Kier alpha value is -3.62. The molecule has 3 aromatic rings. The van der Waals surface area contributed by atoms with Gasteiger partial charge in [0, 0.05) is 10.9 Å². The minimum absolute atomic E-state index is 0.0138. The lowest BCUT2D eigenvalue weighted by Gasteiger charge is -2.12. The molecule has 7 nitrogen and oxygen atoms in total. The summed E-state index contributed by atoms with van der Waals surface area (Å²) in [5.41, 5.74) is 3.07. The number of fused-ring (bicyclic) bond motifs is 1. The van der Waals surface area contributed by atoms with E-state index >= 15 is 0 Å². The summed E-state index contributed by atoms with van der Waals surface area (Å²) in [6.07, 6.45) is 0. The number of carbonyl (C=O) groups is 1. The first-order valence-electron chi connectivity index (χ1n) is 9.19. The molecule has 1 aromatic heterocycles. The fourth-order valence-electron chi connectivity index (χ4n) is 2.87. The molecule has 0 atom stereocenters. The molecule has 3 rings (SSSR count). The molecule has 2 aromatic carbocycles. The number of benzene rings is 2. The zero-order chi connectivity index (χ0) is 21.8. The van der Waals surface area contributed by atoms with Crippen molar-refractivity contribution < 1.29 is 18.3 Å². The summed E-state index contributed by atoms with van der Waals surface area (Å²) in [6, 6.07) is 12.4. The number of nitrogens with zero attached hydrogens (tertiary/aromatic N) is 3. The summed E-state index contributed by atoms with van der Waals surface area (Å²) in [5, 5.41) is 9.05. The largest absolute Gasteiger partial charge is 0.435 e. The van der Waals surface area contributed by atoms with Crippen LogP contribution >= 0.6 is 0 Å². The lowest BCUT2D eigenvalue weighted by Crippen LogP contribution is -2.30. The summed E-state index contributed by atoms with van der Waals surface area (Å²) in [4.78, 5) is 25.4. The lowest BCUT2D eigenvalue weighted by molar-refractivity contribution is -0.0498. The summed E-state index contributed by atoms with van der Waals surface area (Å²) < 4.78 is 30.4. The van der Waals surface area contributed by atoms with Crippen LogP contribution in [0.25, 0.3) is 10.8 Å². The molecule has 0 bridgehead atoms. The van der Waals surface area contributed by atoms with Gasteiger partial charge in [0.15, 0.2) is 5.69 Å². The molecule has 0 spiro atoms. The summed E-state index contributed by atoms with van der Waals surface area (Å²) in [5.74, 6) is -0.611. The van der Waals surface area contributed by atoms with Crippen molar-refractivity contribution in [2.45, 2.75) is 33.4 Å². The number of ether oxygens (including phenoxy) is 1. The van der Waals surface area contributed by atoms with E-state index in [4.69, 9.17) is 0 Å². The molecule has 0 aliphatic rings. The zero-order valence-electron chi connectivity index (χ0n) is 16.6. The number of halogens is 2. The van der Waals surface area contributed by atoms with Crippen LogP contribution in [-0.2, 0) is 0 Å². The number of carbonyl (C=O) groups excluding carboxylic acids is 1. The monoisotopic (exact) mass is 414 g/mol. The first-order chi connectivity index (χ1) is 14.3. The van der Waals surface area contributed by atoms with Crippen LogP contribution in [0.4, 0.5) is 8.78 Å². The van der Waals surface area contributed by atoms with Crippen molar-refractivity contribution >= 4 is 22.4 Å². The molecule has 0 aliphatic carbocycles. The van der Waals surface area contributed by atoms with E-state index in [-0.39, 0.29) is 23.0 Å². The van der Waals surface area contributed by atoms with Gasteiger partial charge in [-0.2, -0.15) is 19.0 Å². The van der Waals surface area contributed by atoms with E-state index in [1.807, 2.05) is 0 Å². The van der Waals surface area contributed by atoms with Crippen LogP contribution < -0.4 is 15.7 Å². The third-order valence-electron chi connectivity index (χ3n) is 4.33. The second-order valence-corrected chi connectivity index (χ2v) is 6.78. The summed E-state index contributed by atoms with van der Waals surface area (Å²) in [6.45, 7) is 2.26. The number of alkyl halides is 2. The van der Waals surface area contributed by atoms with Crippen LogP contribution in [0.1, 0.15) is 42.9 Å². The van der Waals surface area contributed by atoms with Gasteiger partial charge in [-0.25, -0.2) is 10.1 Å². The highest BCUT2D eigenvalue weighted by Gasteiger charge is 2.17. The van der Waals surface area contributed by atoms with E-state index in [9.17, 15) is 18.4 Å². The first kappa shape index (κ1) is 21.1. The highest BCUT2D eigenvalue weighted by atomic mass is 19.3. The van der Waals surface area contributed by atoms with E-state index in [1.165, 1.54) is 16.8 Å².